The molecule has 1 amide bonds. The smallest absolute Gasteiger partial charge is 0.295 e. The van der Waals surface area contributed by atoms with Crippen molar-refractivity contribution in [3.63, 3.8) is 0 Å². The predicted molar refractivity (Wildman–Crippen MR) is 142 cm³/mol. The lowest BCUT2D eigenvalue weighted by molar-refractivity contribution is 0.101. The molecule has 0 saturated heterocycles. The van der Waals surface area contributed by atoms with Gasteiger partial charge in [0.2, 0.25) is 5.82 Å². The van der Waals surface area contributed by atoms with E-state index in [4.69, 9.17) is 4.74 Å². The molecule has 36 heavy (non-hydrogen) atoms. The number of para-hydroxylation sites is 1. The van der Waals surface area contributed by atoms with Gasteiger partial charge in [-0.2, -0.15) is 0 Å². The fraction of sp³-hybridized carbons (Fsp3) is 0.100. The largest absolute Gasteiger partial charge is 0.457 e. The second-order valence-corrected chi connectivity index (χ2v) is 8.72. The number of ether oxygens (including phenoxy) is 1. The highest BCUT2D eigenvalue weighted by molar-refractivity contribution is 6.01. The molecule has 0 bridgehead atoms. The molecular weight excluding hydrogens is 448 g/mol. The Morgan fingerprint density at radius 1 is 0.778 bits per heavy atom. The number of benzene rings is 4. The van der Waals surface area contributed by atoms with E-state index in [1.54, 1.807) is 16.8 Å². The van der Waals surface area contributed by atoms with E-state index in [2.05, 4.69) is 27.5 Å². The van der Waals surface area contributed by atoms with E-state index in [0.717, 1.165) is 33.7 Å². The minimum atomic E-state index is -0.385. The van der Waals surface area contributed by atoms with E-state index in [9.17, 15) is 4.79 Å². The topological polar surface area (TPSA) is 69.0 Å². The van der Waals surface area contributed by atoms with Crippen molar-refractivity contribution in [2.24, 2.45) is 0 Å². The minimum Gasteiger partial charge on any atom is -0.457 e. The lowest BCUT2D eigenvalue weighted by Gasteiger charge is -2.10. The molecule has 4 aromatic carbocycles. The van der Waals surface area contributed by atoms with Crippen LogP contribution in [0, 0.1) is 20.8 Å². The van der Waals surface area contributed by atoms with Gasteiger partial charge in [-0.1, -0.05) is 60.2 Å². The van der Waals surface area contributed by atoms with Gasteiger partial charge in [0.25, 0.3) is 5.91 Å². The number of aryl methyl sites for hydroxylation is 3. The summed E-state index contributed by atoms with van der Waals surface area (Å²) in [6.07, 6.45) is 0. The first-order chi connectivity index (χ1) is 17.5. The first kappa shape index (κ1) is 23.1. The molecule has 5 rings (SSSR count). The van der Waals surface area contributed by atoms with Crippen LogP contribution in [0.1, 0.15) is 27.3 Å². The molecular formula is C30H26N4O2. The number of anilines is 1. The number of nitrogens with one attached hydrogen (secondary N) is 1. The normalized spacial score (nSPS) is 10.8. The van der Waals surface area contributed by atoms with Crippen LogP contribution in [0.15, 0.2) is 97.1 Å². The van der Waals surface area contributed by atoms with Crippen molar-refractivity contribution < 1.29 is 9.53 Å². The number of aromatic nitrogens is 3. The third-order valence-corrected chi connectivity index (χ3v) is 5.80. The fourth-order valence-electron chi connectivity index (χ4n) is 3.83. The first-order valence-corrected chi connectivity index (χ1v) is 11.7. The Morgan fingerprint density at radius 2 is 1.44 bits per heavy atom. The highest BCUT2D eigenvalue weighted by Crippen LogP contribution is 2.26. The molecule has 5 aromatic rings. The van der Waals surface area contributed by atoms with Crippen molar-refractivity contribution in [2.75, 3.05) is 5.32 Å². The van der Waals surface area contributed by atoms with Gasteiger partial charge in [-0.15, -0.1) is 5.10 Å². The van der Waals surface area contributed by atoms with E-state index in [0.29, 0.717) is 17.3 Å². The molecule has 0 aliphatic rings. The number of carbonyl (C=O) groups is 1. The number of hydrogen-bond donors (Lipinski definition) is 1. The number of amides is 1. The average molecular weight is 475 g/mol. The third kappa shape index (κ3) is 5.03. The van der Waals surface area contributed by atoms with Crippen molar-refractivity contribution in [3.05, 3.63) is 120 Å². The first-order valence-electron chi connectivity index (χ1n) is 11.7. The molecule has 1 heterocycles. The molecule has 0 aliphatic heterocycles. The quantitative estimate of drug-likeness (QED) is 0.290. The molecule has 1 N–H and O–H groups in total. The summed E-state index contributed by atoms with van der Waals surface area (Å²) in [6.45, 7) is 6.09. The van der Waals surface area contributed by atoms with Crippen LogP contribution in [0.2, 0.25) is 0 Å². The Kier molecular flexibility index (Phi) is 6.33. The molecule has 0 radical (unpaired) electrons. The van der Waals surface area contributed by atoms with E-state index in [-0.39, 0.29) is 11.7 Å². The van der Waals surface area contributed by atoms with Crippen LogP contribution in [0.4, 0.5) is 5.69 Å². The van der Waals surface area contributed by atoms with E-state index in [1.807, 2.05) is 93.6 Å². The monoisotopic (exact) mass is 474 g/mol. The zero-order chi connectivity index (χ0) is 25.1. The SMILES string of the molecule is Cc1ccc(-c2nc(C(=O)Nc3ccc(Oc4ccccc4)cc3)nn2-c2cc(C)ccc2C)cc1. The standard InChI is InChI=1S/C30H26N4O2/c1-20-10-13-23(14-11-20)29-32-28(33-34(29)27-19-21(2)9-12-22(27)3)30(35)31-24-15-17-26(18-16-24)36-25-7-5-4-6-8-25/h4-19H,1-3H3,(H,31,35). The van der Waals surface area contributed by atoms with Gasteiger partial charge in [-0.3, -0.25) is 4.79 Å². The summed E-state index contributed by atoms with van der Waals surface area (Å²) in [6, 6.07) is 30.9. The number of rotatable bonds is 6. The van der Waals surface area contributed by atoms with Gasteiger partial charge < -0.3 is 10.1 Å². The second-order valence-electron chi connectivity index (χ2n) is 8.72. The second kappa shape index (κ2) is 9.88. The van der Waals surface area contributed by atoms with E-state index in [1.165, 1.54) is 0 Å². The summed E-state index contributed by atoms with van der Waals surface area (Å²) in [5.74, 6) is 1.75. The number of nitrogens with zero attached hydrogens (tertiary/aromatic N) is 3. The maximum atomic E-state index is 13.1. The molecule has 0 saturated carbocycles. The van der Waals surface area contributed by atoms with Crippen molar-refractivity contribution in [2.45, 2.75) is 20.8 Å². The maximum absolute atomic E-state index is 13.1. The summed E-state index contributed by atoms with van der Waals surface area (Å²) in [4.78, 5) is 17.8. The van der Waals surface area contributed by atoms with Crippen LogP contribution in [0.3, 0.4) is 0 Å². The van der Waals surface area contributed by atoms with Crippen LogP contribution in [-0.4, -0.2) is 20.7 Å². The van der Waals surface area contributed by atoms with Crippen LogP contribution < -0.4 is 10.1 Å². The molecule has 178 valence electrons. The highest BCUT2D eigenvalue weighted by Gasteiger charge is 2.20. The molecule has 0 atom stereocenters. The molecule has 0 aliphatic carbocycles. The summed E-state index contributed by atoms with van der Waals surface area (Å²) >= 11 is 0. The van der Waals surface area contributed by atoms with Crippen molar-refractivity contribution in [1.82, 2.24) is 14.8 Å². The van der Waals surface area contributed by atoms with Gasteiger partial charge in [-0.05, 0) is 74.4 Å². The minimum absolute atomic E-state index is 0.0936. The van der Waals surface area contributed by atoms with Crippen molar-refractivity contribution >= 4 is 11.6 Å². The maximum Gasteiger partial charge on any atom is 0.295 e. The lowest BCUT2D eigenvalue weighted by Crippen LogP contribution is -2.14. The molecule has 0 spiro atoms. The van der Waals surface area contributed by atoms with Gasteiger partial charge in [-0.25, -0.2) is 9.67 Å². The van der Waals surface area contributed by atoms with Crippen LogP contribution in [0.5, 0.6) is 11.5 Å². The Bertz CT molecular complexity index is 1510. The Labute approximate surface area is 210 Å². The number of hydrogen-bond acceptors (Lipinski definition) is 4. The van der Waals surface area contributed by atoms with E-state index >= 15 is 0 Å². The van der Waals surface area contributed by atoms with Gasteiger partial charge in [0.05, 0.1) is 5.69 Å². The Hall–Kier alpha value is -4.71. The van der Waals surface area contributed by atoms with Gasteiger partial charge in [0, 0.05) is 11.3 Å². The zero-order valence-corrected chi connectivity index (χ0v) is 20.4. The van der Waals surface area contributed by atoms with Gasteiger partial charge in [0.15, 0.2) is 5.82 Å². The molecule has 0 fully saturated rings. The lowest BCUT2D eigenvalue weighted by atomic mass is 10.1. The summed E-state index contributed by atoms with van der Waals surface area (Å²) in [7, 11) is 0. The summed E-state index contributed by atoms with van der Waals surface area (Å²) in [5, 5.41) is 7.51. The van der Waals surface area contributed by atoms with Crippen LogP contribution in [-0.2, 0) is 0 Å². The molecule has 0 unspecified atom stereocenters. The third-order valence-electron chi connectivity index (χ3n) is 5.80. The van der Waals surface area contributed by atoms with E-state index < -0.39 is 0 Å². The van der Waals surface area contributed by atoms with Crippen molar-refractivity contribution in [3.8, 4) is 28.6 Å². The summed E-state index contributed by atoms with van der Waals surface area (Å²) < 4.78 is 7.58. The molecule has 1 aromatic heterocycles. The number of carbonyl (C=O) groups excluding carboxylic acids is 1. The predicted octanol–water partition coefficient (Wildman–Crippen LogP) is 6.90. The summed E-state index contributed by atoms with van der Waals surface area (Å²) in [5.41, 5.74) is 5.69. The zero-order valence-electron chi connectivity index (χ0n) is 20.4. The van der Waals surface area contributed by atoms with Gasteiger partial charge >= 0.3 is 0 Å². The Morgan fingerprint density at radius 3 is 2.17 bits per heavy atom. The molecule has 6 heteroatoms. The van der Waals surface area contributed by atoms with Crippen LogP contribution in [0.25, 0.3) is 17.1 Å². The molecule has 6 nitrogen and oxygen atoms in total. The fourth-order valence-corrected chi connectivity index (χ4v) is 3.83. The van der Waals surface area contributed by atoms with Gasteiger partial charge in [0.1, 0.15) is 11.5 Å². The average Bonchev–Trinajstić information content (AvgIpc) is 3.33. The Balaban J connectivity index is 1.43. The highest BCUT2D eigenvalue weighted by atomic mass is 16.5. The van der Waals surface area contributed by atoms with Crippen molar-refractivity contribution in [1.29, 1.82) is 0 Å². The van der Waals surface area contributed by atoms with Crippen LogP contribution >= 0.6 is 0 Å².